The van der Waals surface area contributed by atoms with E-state index in [2.05, 4.69) is 6.92 Å². The van der Waals surface area contributed by atoms with E-state index in [1.807, 2.05) is 0 Å². The third-order valence-corrected chi connectivity index (χ3v) is 12.7. The van der Waals surface area contributed by atoms with Crippen LogP contribution in [0.1, 0.15) is 26.2 Å². The van der Waals surface area contributed by atoms with Gasteiger partial charge in [0.05, 0.1) is 0 Å². The predicted molar refractivity (Wildman–Crippen MR) is 158 cm³/mol. The van der Waals surface area contributed by atoms with E-state index in [-0.39, 0.29) is 0 Å². The number of benzene rings is 3. The first-order valence-corrected chi connectivity index (χ1v) is 16.8. The monoisotopic (exact) mass is 714 g/mol. The first-order valence-electron chi connectivity index (χ1n) is 13.8. The van der Waals surface area contributed by atoms with Gasteiger partial charge in [0.1, 0.15) is 10.5 Å². The topological polar surface area (TPSA) is 9.23 Å². The Morgan fingerprint density at radius 1 is 0.543 bits per heavy atom. The Morgan fingerprint density at radius 2 is 0.891 bits per heavy atom. The third-order valence-electron chi connectivity index (χ3n) is 7.31. The first kappa shape index (κ1) is 39.5. The van der Waals surface area contributed by atoms with Gasteiger partial charge in [-0.3, -0.25) is 0 Å². The molecule has 0 heterocycles. The van der Waals surface area contributed by atoms with E-state index < -0.39 is 55.6 Å². The SMILES string of the molecule is CCCCO[SiH3].FC(F)(F)C(F)(F)C(F)(F)C(F)(F)C(F)(F)C(F)(F)CC[PH](c1ccccc1)(c1ccccc1)c1ccccc1. The summed E-state index contributed by atoms with van der Waals surface area (Å²) in [6.07, 6.45) is -8.26. The average molecular weight is 715 g/mol. The molecule has 0 atom stereocenters. The van der Waals surface area contributed by atoms with Gasteiger partial charge in [-0.15, -0.1) is 0 Å². The van der Waals surface area contributed by atoms with E-state index in [0.717, 1.165) is 17.1 Å². The van der Waals surface area contributed by atoms with Gasteiger partial charge in [-0.05, 0) is 6.42 Å². The summed E-state index contributed by atoms with van der Waals surface area (Å²) >= 11 is 0. The second-order valence-electron chi connectivity index (χ2n) is 10.3. The van der Waals surface area contributed by atoms with Crippen LogP contribution in [0.3, 0.4) is 0 Å². The van der Waals surface area contributed by atoms with Gasteiger partial charge in [0.15, 0.2) is 0 Å². The summed E-state index contributed by atoms with van der Waals surface area (Å²) in [6, 6.07) is 22.4. The quantitative estimate of drug-likeness (QED) is 0.0757. The van der Waals surface area contributed by atoms with Gasteiger partial charge in [-0.1, -0.05) is 13.3 Å². The molecule has 0 fully saturated rings. The van der Waals surface area contributed by atoms with Crippen molar-refractivity contribution in [1.29, 1.82) is 0 Å². The van der Waals surface area contributed by atoms with Crippen LogP contribution in [-0.2, 0) is 4.43 Å². The van der Waals surface area contributed by atoms with Gasteiger partial charge in [-0.25, -0.2) is 0 Å². The zero-order valence-electron chi connectivity index (χ0n) is 24.5. The molecule has 3 aromatic carbocycles. The summed E-state index contributed by atoms with van der Waals surface area (Å²) in [7, 11) is -2.95. The summed E-state index contributed by atoms with van der Waals surface area (Å²) in [5, 5.41) is 0.978. The van der Waals surface area contributed by atoms with Crippen LogP contribution < -0.4 is 15.9 Å². The fourth-order valence-corrected chi connectivity index (χ4v) is 9.82. The fourth-order valence-electron chi connectivity index (χ4n) is 4.69. The molecule has 46 heavy (non-hydrogen) atoms. The molecule has 3 aromatic rings. The summed E-state index contributed by atoms with van der Waals surface area (Å²) in [5.41, 5.74) is 0. The van der Waals surface area contributed by atoms with Crippen molar-refractivity contribution < 1.29 is 61.5 Å². The molecule has 16 heteroatoms. The molecule has 0 amide bonds. The van der Waals surface area contributed by atoms with E-state index >= 15 is 0 Å². The molecule has 258 valence electrons. The van der Waals surface area contributed by atoms with Crippen LogP contribution >= 0.6 is 7.26 Å². The van der Waals surface area contributed by atoms with Crippen LogP contribution in [0.15, 0.2) is 91.0 Å². The van der Waals surface area contributed by atoms with Crippen molar-refractivity contribution in [1.82, 2.24) is 0 Å². The second-order valence-corrected chi connectivity index (χ2v) is 15.0. The Hall–Kier alpha value is -2.64. The number of alkyl halides is 13. The molecule has 0 unspecified atom stereocenters. The molecular formula is C30H32F13OPSi. The van der Waals surface area contributed by atoms with Crippen molar-refractivity contribution in [2.75, 3.05) is 12.8 Å². The van der Waals surface area contributed by atoms with Gasteiger partial charge in [0.25, 0.3) is 0 Å². The minimum atomic E-state index is -7.92. The Labute approximate surface area is 261 Å². The Morgan fingerprint density at radius 3 is 1.17 bits per heavy atom. The zero-order valence-corrected chi connectivity index (χ0v) is 27.5. The van der Waals surface area contributed by atoms with E-state index in [1.165, 1.54) is 85.6 Å². The molecule has 0 aromatic heterocycles. The minimum absolute atomic E-state index is 0.326. The van der Waals surface area contributed by atoms with Crippen LogP contribution in [0.2, 0.25) is 0 Å². The number of halogens is 13. The van der Waals surface area contributed by atoms with E-state index in [1.54, 1.807) is 18.2 Å². The number of rotatable bonds is 13. The van der Waals surface area contributed by atoms with E-state index in [0.29, 0.717) is 15.9 Å². The Bertz CT molecular complexity index is 1240. The van der Waals surface area contributed by atoms with Crippen molar-refractivity contribution in [3.8, 4) is 0 Å². The van der Waals surface area contributed by atoms with Gasteiger partial charge in [0, 0.05) is 6.61 Å². The van der Waals surface area contributed by atoms with Gasteiger partial charge in [0.2, 0.25) is 0 Å². The molecule has 1 nitrogen and oxygen atoms in total. The van der Waals surface area contributed by atoms with Crippen molar-refractivity contribution in [2.24, 2.45) is 0 Å². The van der Waals surface area contributed by atoms with Crippen LogP contribution in [0, 0.1) is 0 Å². The van der Waals surface area contributed by atoms with Crippen LogP contribution in [0.5, 0.6) is 0 Å². The molecular weight excluding hydrogens is 682 g/mol. The number of hydrogen-bond donors (Lipinski definition) is 0. The van der Waals surface area contributed by atoms with E-state index in [4.69, 9.17) is 4.43 Å². The van der Waals surface area contributed by atoms with E-state index in [9.17, 15) is 57.1 Å². The standard InChI is InChI=1S/C26H20F13P.C4H12OSi/c27-21(28,22(29,30)23(31,32)24(33,34)25(35,36)26(37,38)39)16-17-40(18-10-4-1-5-11-18,19-12-6-2-7-13-19)20-14-8-3-9-15-20;1-2-3-4-5-6/h1-15,40H,16-17H2;2-4H2,1,6H3. The van der Waals surface area contributed by atoms with Crippen molar-refractivity contribution in [3.63, 3.8) is 0 Å². The number of unbranched alkanes of at least 4 members (excludes halogenated alkanes) is 1. The summed E-state index contributed by atoms with van der Waals surface area (Å²) in [6.45, 7) is 3.14. The Balaban J connectivity index is 0.00000112. The molecule has 0 N–H and O–H groups in total. The normalized spacial score (nSPS) is 14.0. The summed E-state index contributed by atoms with van der Waals surface area (Å²) in [4.78, 5) is 0. The molecule has 3 rings (SSSR count). The van der Waals surface area contributed by atoms with Crippen molar-refractivity contribution >= 4 is 33.7 Å². The molecule has 0 radical (unpaired) electrons. The molecule has 0 aliphatic rings. The predicted octanol–water partition coefficient (Wildman–Crippen LogP) is 7.93. The first-order chi connectivity index (χ1) is 21.2. The molecule has 0 aliphatic carbocycles. The van der Waals surface area contributed by atoms with Crippen LogP contribution in [0.4, 0.5) is 57.1 Å². The second kappa shape index (κ2) is 15.1. The molecule has 0 saturated heterocycles. The zero-order chi connectivity index (χ0) is 35.1. The maximum absolute atomic E-state index is 14.9. The van der Waals surface area contributed by atoms with Crippen LogP contribution in [0.25, 0.3) is 0 Å². The molecule has 0 bridgehead atoms. The average Bonchev–Trinajstić information content (AvgIpc) is 3.01. The summed E-state index contributed by atoms with van der Waals surface area (Å²) < 4.78 is 183. The molecule has 0 aliphatic heterocycles. The summed E-state index contributed by atoms with van der Waals surface area (Å²) in [5.74, 6) is -36.9. The van der Waals surface area contributed by atoms with Crippen molar-refractivity contribution in [3.05, 3.63) is 91.0 Å². The Kier molecular flexibility index (Phi) is 12.9. The third kappa shape index (κ3) is 7.57. The van der Waals surface area contributed by atoms with Crippen LogP contribution in [-0.4, -0.2) is 59.0 Å². The van der Waals surface area contributed by atoms with Crippen molar-refractivity contribution in [2.45, 2.75) is 62.0 Å². The van der Waals surface area contributed by atoms with Gasteiger partial charge in [-0.2, -0.15) is 0 Å². The molecule has 0 spiro atoms. The fraction of sp³-hybridized carbons (Fsp3) is 0.400. The van der Waals surface area contributed by atoms with Gasteiger partial charge < -0.3 is 4.43 Å². The molecule has 0 saturated carbocycles. The number of hydrogen-bond acceptors (Lipinski definition) is 1. The van der Waals surface area contributed by atoms with Gasteiger partial charge >= 0.3 is 220 Å². The maximum atomic E-state index is 14.9.